The van der Waals surface area contributed by atoms with E-state index < -0.39 is 15.9 Å². The van der Waals surface area contributed by atoms with Crippen molar-refractivity contribution in [3.63, 3.8) is 0 Å². The number of sulfonamides is 1. The van der Waals surface area contributed by atoms with E-state index in [1.807, 2.05) is 12.1 Å². The summed E-state index contributed by atoms with van der Waals surface area (Å²) in [5, 5.41) is 2.98. The first-order valence-corrected chi connectivity index (χ1v) is 12.1. The lowest BCUT2D eigenvalue weighted by Crippen LogP contribution is -2.27. The third-order valence-electron chi connectivity index (χ3n) is 5.00. The van der Waals surface area contributed by atoms with Crippen molar-refractivity contribution in [2.75, 3.05) is 32.6 Å². The first-order chi connectivity index (χ1) is 16.3. The van der Waals surface area contributed by atoms with Gasteiger partial charge in [0.2, 0.25) is 0 Å². The first-order valence-electron chi connectivity index (χ1n) is 10.2. The lowest BCUT2D eigenvalue weighted by Gasteiger charge is -2.14. The molecule has 0 saturated carbocycles. The molecule has 0 bridgehead atoms. The number of benzene rings is 3. The van der Waals surface area contributed by atoms with Crippen molar-refractivity contribution in [1.82, 2.24) is 5.32 Å². The van der Waals surface area contributed by atoms with E-state index in [1.165, 1.54) is 31.4 Å². The topological polar surface area (TPSA) is 103 Å². The minimum absolute atomic E-state index is 0.0537. The Morgan fingerprint density at radius 3 is 2.24 bits per heavy atom. The Hall–Kier alpha value is -3.43. The Kier molecular flexibility index (Phi) is 8.25. The highest BCUT2D eigenvalue weighted by Crippen LogP contribution is 2.29. The number of nitrogens with one attached hydrogen (secondary N) is 2. The quantitative estimate of drug-likeness (QED) is 0.430. The van der Waals surface area contributed by atoms with Gasteiger partial charge in [-0.25, -0.2) is 8.42 Å². The Morgan fingerprint density at radius 1 is 0.882 bits per heavy atom. The molecule has 0 atom stereocenters. The van der Waals surface area contributed by atoms with E-state index in [-0.39, 0.29) is 21.2 Å². The number of hydrogen-bond acceptors (Lipinski definition) is 6. The number of carbonyl (C=O) groups is 1. The number of carbonyl (C=O) groups excluding carboxylic acids is 1. The van der Waals surface area contributed by atoms with Crippen LogP contribution in [0.5, 0.6) is 17.2 Å². The summed E-state index contributed by atoms with van der Waals surface area (Å²) < 4.78 is 43.8. The van der Waals surface area contributed by atoms with Crippen molar-refractivity contribution in [3.8, 4) is 17.2 Å². The maximum absolute atomic E-state index is 12.9. The predicted octanol–water partition coefficient (Wildman–Crippen LogP) is 4.14. The molecule has 0 aliphatic heterocycles. The molecular formula is C24H25ClN2O6S. The van der Waals surface area contributed by atoms with Crippen LogP contribution in [0.4, 0.5) is 5.69 Å². The van der Waals surface area contributed by atoms with Gasteiger partial charge in [-0.15, -0.1) is 0 Å². The van der Waals surface area contributed by atoms with Gasteiger partial charge in [-0.3, -0.25) is 9.52 Å². The number of ether oxygens (including phenoxy) is 3. The SMILES string of the molecule is COc1ccc(S(=O)(=O)Nc2ccccc2C(=O)NCCc2ccc(OC)c(OC)c2)cc1Cl. The van der Waals surface area contributed by atoms with Crippen molar-refractivity contribution >= 4 is 33.2 Å². The average Bonchev–Trinajstić information content (AvgIpc) is 2.83. The number of anilines is 1. The van der Waals surface area contributed by atoms with Crippen LogP contribution in [-0.4, -0.2) is 42.2 Å². The molecule has 3 aromatic rings. The fourth-order valence-corrected chi connectivity index (χ4v) is 4.67. The molecule has 0 heterocycles. The monoisotopic (exact) mass is 504 g/mol. The number of para-hydroxylation sites is 1. The normalized spacial score (nSPS) is 10.9. The summed E-state index contributed by atoms with van der Waals surface area (Å²) in [5.41, 5.74) is 1.29. The van der Waals surface area contributed by atoms with E-state index in [2.05, 4.69) is 10.0 Å². The zero-order valence-corrected chi connectivity index (χ0v) is 20.5. The maximum Gasteiger partial charge on any atom is 0.261 e. The molecular weight excluding hydrogens is 480 g/mol. The average molecular weight is 505 g/mol. The minimum atomic E-state index is -3.99. The molecule has 0 spiro atoms. The second-order valence-corrected chi connectivity index (χ2v) is 9.23. The Balaban J connectivity index is 1.71. The predicted molar refractivity (Wildman–Crippen MR) is 131 cm³/mol. The summed E-state index contributed by atoms with van der Waals surface area (Å²) in [5.74, 6) is 1.17. The highest BCUT2D eigenvalue weighted by Gasteiger charge is 2.20. The van der Waals surface area contributed by atoms with Crippen molar-refractivity contribution in [2.24, 2.45) is 0 Å². The zero-order chi connectivity index (χ0) is 24.7. The molecule has 0 aliphatic rings. The van der Waals surface area contributed by atoms with Crippen LogP contribution in [0.3, 0.4) is 0 Å². The molecule has 3 aromatic carbocycles. The molecule has 10 heteroatoms. The number of methoxy groups -OCH3 is 3. The van der Waals surface area contributed by atoms with E-state index in [9.17, 15) is 13.2 Å². The molecule has 3 rings (SSSR count). The van der Waals surface area contributed by atoms with Crippen molar-refractivity contribution in [2.45, 2.75) is 11.3 Å². The number of rotatable bonds is 10. The van der Waals surface area contributed by atoms with Gasteiger partial charge in [-0.05, 0) is 54.4 Å². The molecule has 8 nitrogen and oxygen atoms in total. The fourth-order valence-electron chi connectivity index (χ4n) is 3.24. The maximum atomic E-state index is 12.9. The lowest BCUT2D eigenvalue weighted by molar-refractivity contribution is 0.0955. The van der Waals surface area contributed by atoms with Crippen molar-refractivity contribution in [3.05, 3.63) is 76.8 Å². The molecule has 2 N–H and O–H groups in total. The summed E-state index contributed by atoms with van der Waals surface area (Å²) in [6.45, 7) is 0.337. The molecule has 0 fully saturated rings. The summed E-state index contributed by atoms with van der Waals surface area (Å²) in [7, 11) is 0.567. The van der Waals surface area contributed by atoms with Gasteiger partial charge in [0.05, 0.1) is 42.5 Å². The third kappa shape index (κ3) is 5.92. The number of hydrogen-bond donors (Lipinski definition) is 2. The van der Waals surface area contributed by atoms with E-state index in [0.29, 0.717) is 30.2 Å². The molecule has 0 unspecified atom stereocenters. The molecule has 180 valence electrons. The van der Waals surface area contributed by atoms with Crippen LogP contribution in [0.1, 0.15) is 15.9 Å². The Morgan fingerprint density at radius 2 is 1.56 bits per heavy atom. The Bertz CT molecular complexity index is 1280. The van der Waals surface area contributed by atoms with Crippen molar-refractivity contribution in [1.29, 1.82) is 0 Å². The minimum Gasteiger partial charge on any atom is -0.495 e. The number of halogens is 1. The van der Waals surface area contributed by atoms with Crippen LogP contribution in [0.2, 0.25) is 5.02 Å². The molecule has 0 aromatic heterocycles. The largest absolute Gasteiger partial charge is 0.495 e. The Labute approximate surface area is 203 Å². The highest BCUT2D eigenvalue weighted by atomic mass is 35.5. The van der Waals surface area contributed by atoms with Crippen molar-refractivity contribution < 1.29 is 27.4 Å². The third-order valence-corrected chi connectivity index (χ3v) is 6.66. The first kappa shape index (κ1) is 25.2. The van der Waals surface area contributed by atoms with Gasteiger partial charge in [-0.1, -0.05) is 29.8 Å². The van der Waals surface area contributed by atoms with Gasteiger partial charge in [0.25, 0.3) is 15.9 Å². The van der Waals surface area contributed by atoms with E-state index >= 15 is 0 Å². The van der Waals surface area contributed by atoms with Crippen LogP contribution in [0.25, 0.3) is 0 Å². The summed E-state index contributed by atoms with van der Waals surface area (Å²) >= 11 is 6.07. The van der Waals surface area contributed by atoms with Gasteiger partial charge in [0.15, 0.2) is 11.5 Å². The van der Waals surface area contributed by atoms with Crippen LogP contribution in [-0.2, 0) is 16.4 Å². The van der Waals surface area contributed by atoms with Crippen LogP contribution in [0.15, 0.2) is 65.6 Å². The molecule has 0 saturated heterocycles. The molecule has 34 heavy (non-hydrogen) atoms. The molecule has 0 radical (unpaired) electrons. The van der Waals surface area contributed by atoms with E-state index in [1.54, 1.807) is 38.5 Å². The van der Waals surface area contributed by atoms with Gasteiger partial charge in [-0.2, -0.15) is 0 Å². The molecule has 1 amide bonds. The second-order valence-electron chi connectivity index (χ2n) is 7.14. The summed E-state index contributed by atoms with van der Waals surface area (Å²) in [6.07, 6.45) is 0.546. The van der Waals surface area contributed by atoms with Gasteiger partial charge in [0, 0.05) is 6.54 Å². The van der Waals surface area contributed by atoms with Crippen LogP contribution in [0, 0.1) is 0 Å². The second kappa shape index (κ2) is 11.1. The standard InChI is InChI=1S/C24H25ClN2O6S/c1-31-21-11-9-17(15-19(21)25)34(29,30)27-20-7-5-4-6-18(20)24(28)26-13-12-16-8-10-22(32-2)23(14-16)33-3/h4-11,14-15,27H,12-13H2,1-3H3,(H,26,28). The fraction of sp³-hybridized carbons (Fsp3) is 0.208. The highest BCUT2D eigenvalue weighted by molar-refractivity contribution is 7.92. The molecule has 0 aliphatic carbocycles. The van der Waals surface area contributed by atoms with E-state index in [0.717, 1.165) is 5.56 Å². The van der Waals surface area contributed by atoms with Crippen LogP contribution < -0.4 is 24.2 Å². The lowest BCUT2D eigenvalue weighted by atomic mass is 10.1. The smallest absolute Gasteiger partial charge is 0.261 e. The van der Waals surface area contributed by atoms with Gasteiger partial charge < -0.3 is 19.5 Å². The van der Waals surface area contributed by atoms with E-state index in [4.69, 9.17) is 25.8 Å². The van der Waals surface area contributed by atoms with Gasteiger partial charge >= 0.3 is 0 Å². The van der Waals surface area contributed by atoms with Gasteiger partial charge in [0.1, 0.15) is 5.75 Å². The summed E-state index contributed by atoms with van der Waals surface area (Å²) in [4.78, 5) is 12.8. The zero-order valence-electron chi connectivity index (χ0n) is 18.9. The van der Waals surface area contributed by atoms with Crippen LogP contribution >= 0.6 is 11.6 Å². The number of amides is 1. The summed E-state index contributed by atoms with van der Waals surface area (Å²) in [6, 6.07) is 16.0.